The number of nitrogens with zero attached hydrogens (tertiary/aromatic N) is 2. The van der Waals surface area contributed by atoms with Crippen LogP contribution in [0, 0.1) is 11.8 Å². The fourth-order valence-corrected chi connectivity index (χ4v) is 3.61. The van der Waals surface area contributed by atoms with Crippen LogP contribution in [0.4, 0.5) is 0 Å². The summed E-state index contributed by atoms with van der Waals surface area (Å²) in [7, 11) is 0. The Morgan fingerprint density at radius 1 is 1.05 bits per heavy atom. The fraction of sp³-hybridized carbons (Fsp3) is 1.00. The Bertz CT molecular complexity index is 279. The molecule has 1 saturated carbocycles. The molecule has 1 N–H and O–H groups in total. The molecule has 0 aromatic rings. The van der Waals surface area contributed by atoms with Crippen LogP contribution in [0.3, 0.4) is 0 Å². The maximum atomic E-state index is 10.2. The summed E-state index contributed by atoms with van der Waals surface area (Å²) in [6.07, 6.45) is 3.36. The van der Waals surface area contributed by atoms with Gasteiger partial charge in [-0.25, -0.2) is 0 Å². The first-order valence-electron chi connectivity index (χ1n) is 8.01. The highest BCUT2D eigenvalue weighted by Gasteiger charge is 2.31. The van der Waals surface area contributed by atoms with Crippen LogP contribution in [0.2, 0.25) is 0 Å². The number of rotatable bonds is 2. The van der Waals surface area contributed by atoms with Crippen LogP contribution in [0.15, 0.2) is 0 Å². The molecule has 1 saturated heterocycles. The first kappa shape index (κ1) is 15.3. The second kappa shape index (κ2) is 6.11. The molecule has 2 rings (SSSR count). The van der Waals surface area contributed by atoms with Gasteiger partial charge in [0.15, 0.2) is 0 Å². The van der Waals surface area contributed by atoms with Crippen molar-refractivity contribution in [3.8, 4) is 0 Å². The van der Waals surface area contributed by atoms with E-state index < -0.39 is 0 Å². The molecule has 3 heteroatoms. The van der Waals surface area contributed by atoms with Crippen molar-refractivity contribution in [3.05, 3.63) is 0 Å². The average Bonchev–Trinajstić information content (AvgIpc) is 2.33. The Morgan fingerprint density at radius 2 is 1.68 bits per heavy atom. The van der Waals surface area contributed by atoms with Crippen LogP contribution in [-0.4, -0.2) is 59.3 Å². The second-order valence-corrected chi connectivity index (χ2v) is 7.70. The van der Waals surface area contributed by atoms with Crippen molar-refractivity contribution < 1.29 is 5.11 Å². The van der Waals surface area contributed by atoms with Gasteiger partial charge in [-0.05, 0) is 51.9 Å². The summed E-state index contributed by atoms with van der Waals surface area (Å²) in [5, 5.41) is 10.2. The van der Waals surface area contributed by atoms with Gasteiger partial charge in [-0.15, -0.1) is 0 Å². The van der Waals surface area contributed by atoms with Crippen molar-refractivity contribution in [1.82, 2.24) is 9.80 Å². The zero-order valence-corrected chi connectivity index (χ0v) is 13.2. The van der Waals surface area contributed by atoms with Gasteiger partial charge in [-0.1, -0.05) is 6.92 Å². The molecule has 2 fully saturated rings. The maximum absolute atomic E-state index is 10.2. The van der Waals surface area contributed by atoms with Crippen LogP contribution in [-0.2, 0) is 0 Å². The lowest BCUT2D eigenvalue weighted by molar-refractivity contribution is 0.00739. The molecule has 0 bridgehead atoms. The highest BCUT2D eigenvalue weighted by molar-refractivity contribution is 4.85. The Morgan fingerprint density at radius 3 is 2.26 bits per heavy atom. The molecular weight excluding hydrogens is 236 g/mol. The predicted molar refractivity (Wildman–Crippen MR) is 80.3 cm³/mol. The van der Waals surface area contributed by atoms with Crippen molar-refractivity contribution >= 4 is 0 Å². The number of piperazine rings is 1. The van der Waals surface area contributed by atoms with Crippen molar-refractivity contribution in [1.29, 1.82) is 0 Å². The summed E-state index contributed by atoms with van der Waals surface area (Å²) in [6.45, 7) is 15.0. The van der Waals surface area contributed by atoms with E-state index in [0.29, 0.717) is 11.5 Å². The van der Waals surface area contributed by atoms with E-state index in [1.807, 2.05) is 0 Å². The quantitative estimate of drug-likeness (QED) is 0.832. The number of aliphatic hydroxyl groups excluding tert-OH is 1. The van der Waals surface area contributed by atoms with Gasteiger partial charge < -0.3 is 10.0 Å². The average molecular weight is 268 g/mol. The van der Waals surface area contributed by atoms with Gasteiger partial charge in [0, 0.05) is 38.3 Å². The molecule has 1 aliphatic carbocycles. The first-order chi connectivity index (χ1) is 8.86. The normalized spacial score (nSPS) is 35.5. The molecule has 0 spiro atoms. The van der Waals surface area contributed by atoms with Gasteiger partial charge >= 0.3 is 0 Å². The smallest absolute Gasteiger partial charge is 0.0580 e. The first-order valence-corrected chi connectivity index (χ1v) is 8.01. The molecule has 0 aromatic heterocycles. The van der Waals surface area contributed by atoms with Gasteiger partial charge in [-0.3, -0.25) is 4.90 Å². The van der Waals surface area contributed by atoms with E-state index in [4.69, 9.17) is 0 Å². The molecule has 19 heavy (non-hydrogen) atoms. The monoisotopic (exact) mass is 268 g/mol. The van der Waals surface area contributed by atoms with Crippen LogP contribution in [0.25, 0.3) is 0 Å². The summed E-state index contributed by atoms with van der Waals surface area (Å²) in [4.78, 5) is 5.14. The second-order valence-electron chi connectivity index (χ2n) is 7.70. The predicted octanol–water partition coefficient (Wildman–Crippen LogP) is 2.20. The number of aliphatic hydroxyl groups is 1. The molecule has 3 nitrogen and oxygen atoms in total. The van der Waals surface area contributed by atoms with E-state index in [0.717, 1.165) is 32.0 Å². The van der Waals surface area contributed by atoms with Crippen LogP contribution in [0.5, 0.6) is 0 Å². The highest BCUT2D eigenvalue weighted by Crippen LogP contribution is 2.30. The molecule has 3 atom stereocenters. The molecule has 2 aliphatic rings. The summed E-state index contributed by atoms with van der Waals surface area (Å²) in [6, 6.07) is 0. The Hall–Kier alpha value is -0.120. The molecule has 112 valence electrons. The Labute approximate surface area is 119 Å². The molecule has 1 aliphatic heterocycles. The summed E-state index contributed by atoms with van der Waals surface area (Å²) < 4.78 is 0. The van der Waals surface area contributed by atoms with Crippen molar-refractivity contribution in [2.24, 2.45) is 11.8 Å². The molecule has 0 amide bonds. The van der Waals surface area contributed by atoms with Crippen molar-refractivity contribution in [3.63, 3.8) is 0 Å². The van der Waals surface area contributed by atoms with Gasteiger partial charge in [0.1, 0.15) is 0 Å². The number of hydrogen-bond acceptors (Lipinski definition) is 3. The van der Waals surface area contributed by atoms with E-state index in [9.17, 15) is 5.11 Å². The maximum Gasteiger partial charge on any atom is 0.0580 e. The lowest BCUT2D eigenvalue weighted by atomic mass is 9.80. The van der Waals surface area contributed by atoms with E-state index in [2.05, 4.69) is 37.5 Å². The Kier molecular flexibility index (Phi) is 4.91. The highest BCUT2D eigenvalue weighted by atomic mass is 16.3. The van der Waals surface area contributed by atoms with Gasteiger partial charge in [0.2, 0.25) is 0 Å². The lowest BCUT2D eigenvalue weighted by Gasteiger charge is -2.44. The topological polar surface area (TPSA) is 26.7 Å². The summed E-state index contributed by atoms with van der Waals surface area (Å²) in [5.41, 5.74) is 0.297. The van der Waals surface area contributed by atoms with Gasteiger partial charge in [-0.2, -0.15) is 0 Å². The van der Waals surface area contributed by atoms with E-state index in [1.165, 1.54) is 25.9 Å². The summed E-state index contributed by atoms with van der Waals surface area (Å²) >= 11 is 0. The molecule has 3 unspecified atom stereocenters. The van der Waals surface area contributed by atoms with E-state index in [1.54, 1.807) is 0 Å². The van der Waals surface area contributed by atoms with E-state index >= 15 is 0 Å². The number of hydrogen-bond donors (Lipinski definition) is 1. The van der Waals surface area contributed by atoms with Crippen LogP contribution < -0.4 is 0 Å². The third kappa shape index (κ3) is 4.17. The summed E-state index contributed by atoms with van der Waals surface area (Å²) in [5.74, 6) is 1.30. The van der Waals surface area contributed by atoms with Crippen LogP contribution in [0.1, 0.15) is 47.0 Å². The minimum atomic E-state index is -0.0585. The molecule has 0 radical (unpaired) electrons. The zero-order chi connectivity index (χ0) is 14.0. The molecular formula is C16H32N2O. The van der Waals surface area contributed by atoms with Crippen LogP contribution >= 0.6 is 0 Å². The minimum Gasteiger partial charge on any atom is -0.393 e. The lowest BCUT2D eigenvalue weighted by Crippen LogP contribution is -2.54. The third-order valence-electron chi connectivity index (χ3n) is 5.02. The van der Waals surface area contributed by atoms with Gasteiger partial charge in [0.05, 0.1) is 6.10 Å². The third-order valence-corrected chi connectivity index (χ3v) is 5.02. The molecule has 0 aromatic carbocycles. The largest absolute Gasteiger partial charge is 0.393 e. The standard InChI is InChI=1S/C16H32N2O/c1-13-5-6-15(19)14(11-13)12-17-7-9-18(10-8-17)16(2,3)4/h13-15,19H,5-12H2,1-4H3. The zero-order valence-electron chi connectivity index (χ0n) is 13.2. The minimum absolute atomic E-state index is 0.0585. The van der Waals surface area contributed by atoms with E-state index in [-0.39, 0.29) is 6.10 Å². The molecule has 1 heterocycles. The van der Waals surface area contributed by atoms with Crippen molar-refractivity contribution in [2.45, 2.75) is 58.6 Å². The fourth-order valence-electron chi connectivity index (χ4n) is 3.61. The van der Waals surface area contributed by atoms with Crippen molar-refractivity contribution in [2.75, 3.05) is 32.7 Å². The SMILES string of the molecule is CC1CCC(O)C(CN2CCN(C(C)(C)C)CC2)C1. The Balaban J connectivity index is 1.79. The van der Waals surface area contributed by atoms with Gasteiger partial charge in [0.25, 0.3) is 0 Å².